The van der Waals surface area contributed by atoms with Crippen molar-refractivity contribution in [2.24, 2.45) is 12.8 Å². The highest BCUT2D eigenvalue weighted by atomic mass is 19.4. The van der Waals surface area contributed by atoms with Crippen LogP contribution in [0.3, 0.4) is 0 Å². The minimum absolute atomic E-state index is 0.0299. The smallest absolute Gasteiger partial charge is 0.416 e. The molecule has 3 aromatic carbocycles. The van der Waals surface area contributed by atoms with Crippen molar-refractivity contribution >= 4 is 11.9 Å². The molecule has 252 valence electrons. The third kappa shape index (κ3) is 8.51. The van der Waals surface area contributed by atoms with Crippen molar-refractivity contribution in [1.82, 2.24) is 20.2 Å². The first-order valence-corrected chi connectivity index (χ1v) is 13.7. The summed E-state index contributed by atoms with van der Waals surface area (Å²) in [6.45, 7) is 0.518. The number of anilines is 1. The number of hydrogen-bond acceptors (Lipinski definition) is 6. The van der Waals surface area contributed by atoms with E-state index in [1.807, 2.05) is 0 Å². The Balaban J connectivity index is 1.90. The second kappa shape index (κ2) is 13.1. The van der Waals surface area contributed by atoms with Crippen molar-refractivity contribution in [3.05, 3.63) is 88.0 Å². The van der Waals surface area contributed by atoms with Crippen LogP contribution in [0.4, 0.5) is 45.5 Å². The number of carbonyl (C=O) groups excluding carboxylic acids is 1. The van der Waals surface area contributed by atoms with Gasteiger partial charge in [0.1, 0.15) is 5.75 Å². The predicted octanol–water partition coefficient (Wildman–Crippen LogP) is 7.13. The summed E-state index contributed by atoms with van der Waals surface area (Å²) >= 11 is 0. The number of methoxy groups -OCH3 is 1. The summed E-state index contributed by atoms with van der Waals surface area (Å²) in [6.07, 6.45) is -15.1. The zero-order valence-corrected chi connectivity index (χ0v) is 24.9. The average Bonchev–Trinajstić information content (AvgIpc) is 3.40. The molecule has 0 radical (unpaired) electrons. The van der Waals surface area contributed by atoms with Gasteiger partial charge >= 0.3 is 18.5 Å². The quantitative estimate of drug-likeness (QED) is 0.180. The summed E-state index contributed by atoms with van der Waals surface area (Å²) < 4.78 is 129. The number of rotatable bonds is 10. The molecule has 0 aliphatic carbocycles. The lowest BCUT2D eigenvalue weighted by Gasteiger charge is -2.25. The van der Waals surface area contributed by atoms with Crippen LogP contribution in [-0.4, -0.2) is 33.2 Å². The standard InChI is InChI=1S/C30H27F9N6O2/c1-16(8-26(40)46)18-4-7-25(47-3)24(12-18)23-6-5-20(28(31,32)33)11-19(23)15-45(27-41-43-44(2)42-27)14-17-9-21(29(34,35)36)13-22(10-17)30(37,38)39/h4-7,9-13,16H,8,14-15H2,1-3H3,(H2,40,46). The van der Waals surface area contributed by atoms with Gasteiger partial charge in [0.05, 0.1) is 30.8 Å². The topological polar surface area (TPSA) is 99.2 Å². The molecule has 1 aromatic heterocycles. The lowest BCUT2D eigenvalue weighted by atomic mass is 9.90. The molecule has 4 aromatic rings. The molecule has 1 amide bonds. The van der Waals surface area contributed by atoms with Crippen LogP contribution < -0.4 is 15.4 Å². The van der Waals surface area contributed by atoms with E-state index in [0.717, 1.165) is 21.8 Å². The van der Waals surface area contributed by atoms with Crippen LogP contribution >= 0.6 is 0 Å². The van der Waals surface area contributed by atoms with Gasteiger partial charge in [-0.25, -0.2) is 0 Å². The summed E-state index contributed by atoms with van der Waals surface area (Å²) in [7, 11) is 2.68. The van der Waals surface area contributed by atoms with Crippen LogP contribution in [0.2, 0.25) is 0 Å². The molecule has 0 saturated carbocycles. The minimum atomic E-state index is -5.13. The van der Waals surface area contributed by atoms with E-state index in [0.29, 0.717) is 23.3 Å². The zero-order valence-electron chi connectivity index (χ0n) is 24.9. The van der Waals surface area contributed by atoms with Crippen LogP contribution in [0, 0.1) is 0 Å². The van der Waals surface area contributed by atoms with Gasteiger partial charge in [0.15, 0.2) is 0 Å². The number of ether oxygens (including phenoxy) is 1. The van der Waals surface area contributed by atoms with Gasteiger partial charge < -0.3 is 15.4 Å². The second-order valence-corrected chi connectivity index (χ2v) is 10.7. The van der Waals surface area contributed by atoms with Crippen molar-refractivity contribution in [2.45, 2.75) is 50.9 Å². The van der Waals surface area contributed by atoms with Crippen molar-refractivity contribution in [3.63, 3.8) is 0 Å². The molecule has 1 heterocycles. The number of aryl methyl sites for hydroxylation is 1. The third-order valence-corrected chi connectivity index (χ3v) is 7.19. The van der Waals surface area contributed by atoms with E-state index in [9.17, 15) is 44.3 Å². The van der Waals surface area contributed by atoms with E-state index in [1.165, 1.54) is 20.2 Å². The van der Waals surface area contributed by atoms with Gasteiger partial charge in [0, 0.05) is 25.1 Å². The molecule has 0 aliphatic heterocycles. The lowest BCUT2D eigenvalue weighted by molar-refractivity contribution is -0.143. The number of aromatic nitrogens is 4. The van der Waals surface area contributed by atoms with E-state index in [1.54, 1.807) is 25.1 Å². The van der Waals surface area contributed by atoms with E-state index < -0.39 is 59.8 Å². The van der Waals surface area contributed by atoms with E-state index in [4.69, 9.17) is 10.5 Å². The Morgan fingerprint density at radius 3 is 1.98 bits per heavy atom. The Bertz CT molecular complexity index is 1720. The first-order valence-electron chi connectivity index (χ1n) is 13.7. The molecule has 0 fully saturated rings. The fourth-order valence-electron chi connectivity index (χ4n) is 4.96. The lowest BCUT2D eigenvalue weighted by Crippen LogP contribution is -2.25. The number of nitrogens with two attached hydrogens (primary N) is 1. The van der Waals surface area contributed by atoms with Gasteiger partial charge in [-0.2, -0.15) is 44.3 Å². The summed E-state index contributed by atoms with van der Waals surface area (Å²) in [5, 5.41) is 11.5. The Morgan fingerprint density at radius 2 is 1.47 bits per heavy atom. The van der Waals surface area contributed by atoms with E-state index in [2.05, 4.69) is 15.4 Å². The maximum Gasteiger partial charge on any atom is 0.416 e. The molecule has 1 atom stereocenters. The van der Waals surface area contributed by atoms with E-state index >= 15 is 0 Å². The predicted molar refractivity (Wildman–Crippen MR) is 151 cm³/mol. The number of hydrogen-bond donors (Lipinski definition) is 1. The Morgan fingerprint density at radius 1 is 0.851 bits per heavy atom. The Labute approximate surface area is 261 Å². The molecule has 4 rings (SSSR count). The molecule has 0 spiro atoms. The van der Waals surface area contributed by atoms with Gasteiger partial charge in [-0.3, -0.25) is 4.79 Å². The minimum Gasteiger partial charge on any atom is -0.496 e. The van der Waals surface area contributed by atoms with Crippen molar-refractivity contribution in [2.75, 3.05) is 12.0 Å². The molecular weight excluding hydrogens is 647 g/mol. The number of halogens is 9. The normalized spacial score (nSPS) is 13.0. The average molecular weight is 675 g/mol. The summed E-state index contributed by atoms with van der Waals surface area (Å²) in [5.74, 6) is -1.02. The van der Waals surface area contributed by atoms with Crippen molar-refractivity contribution in [1.29, 1.82) is 0 Å². The molecule has 0 bridgehead atoms. The molecule has 0 saturated heterocycles. The van der Waals surface area contributed by atoms with Crippen LogP contribution in [0.1, 0.15) is 52.6 Å². The number of primary amides is 1. The number of tetrazole rings is 1. The maximum absolute atomic E-state index is 13.9. The van der Waals surface area contributed by atoms with Crippen LogP contribution in [0.15, 0.2) is 54.6 Å². The SMILES string of the molecule is COc1ccc(C(C)CC(N)=O)cc1-c1ccc(C(F)(F)F)cc1CN(Cc1cc(C(F)(F)F)cc(C(F)(F)F)c1)c1nnn(C)n1. The van der Waals surface area contributed by atoms with Gasteiger partial charge in [0.25, 0.3) is 5.95 Å². The number of benzene rings is 3. The molecule has 8 nitrogen and oxygen atoms in total. The van der Waals surface area contributed by atoms with E-state index in [-0.39, 0.29) is 41.2 Å². The molecule has 17 heteroatoms. The van der Waals surface area contributed by atoms with Crippen molar-refractivity contribution in [3.8, 4) is 16.9 Å². The maximum atomic E-state index is 13.9. The van der Waals surface area contributed by atoms with Crippen LogP contribution in [0.25, 0.3) is 11.1 Å². The highest BCUT2D eigenvalue weighted by Crippen LogP contribution is 2.40. The fourth-order valence-corrected chi connectivity index (χ4v) is 4.96. The monoisotopic (exact) mass is 674 g/mol. The molecular formula is C30H27F9N6O2. The van der Waals surface area contributed by atoms with Gasteiger partial charge in [-0.05, 0) is 75.8 Å². The molecule has 2 N–H and O–H groups in total. The summed E-state index contributed by atoms with van der Waals surface area (Å²) in [6, 6.07) is 8.61. The molecule has 0 aliphatic rings. The first kappa shape index (κ1) is 35.0. The zero-order chi connectivity index (χ0) is 34.9. The van der Waals surface area contributed by atoms with Gasteiger partial charge in [0.2, 0.25) is 5.91 Å². The third-order valence-electron chi connectivity index (χ3n) is 7.19. The second-order valence-electron chi connectivity index (χ2n) is 10.7. The molecule has 1 unspecified atom stereocenters. The van der Waals surface area contributed by atoms with Gasteiger partial charge in [-0.1, -0.05) is 24.2 Å². The van der Waals surface area contributed by atoms with Crippen LogP contribution in [0.5, 0.6) is 5.75 Å². The first-order chi connectivity index (χ1) is 21.8. The summed E-state index contributed by atoms with van der Waals surface area (Å²) in [4.78, 5) is 13.6. The highest BCUT2D eigenvalue weighted by molar-refractivity contribution is 5.77. The summed E-state index contributed by atoms with van der Waals surface area (Å²) in [5.41, 5.74) is 1.71. The van der Waals surface area contributed by atoms with Crippen LogP contribution in [-0.2, 0) is 43.5 Å². The Hall–Kier alpha value is -4.83. The highest BCUT2D eigenvalue weighted by Gasteiger charge is 2.37. The number of nitrogens with zero attached hydrogens (tertiary/aromatic N) is 5. The molecule has 47 heavy (non-hydrogen) atoms. The largest absolute Gasteiger partial charge is 0.496 e. The fraction of sp³-hybridized carbons (Fsp3) is 0.333. The number of alkyl halides is 9. The number of amides is 1. The van der Waals surface area contributed by atoms with Crippen molar-refractivity contribution < 1.29 is 49.0 Å². The van der Waals surface area contributed by atoms with Gasteiger partial charge in [-0.15, -0.1) is 5.10 Å². The Kier molecular flexibility index (Phi) is 9.78. The number of carbonyl (C=O) groups is 1.